The maximum atomic E-state index is 13.7. The molecule has 1 aliphatic rings. The number of amides is 1. The van der Waals surface area contributed by atoms with Crippen molar-refractivity contribution in [2.75, 3.05) is 6.54 Å². The fourth-order valence-electron chi connectivity index (χ4n) is 4.67. The van der Waals surface area contributed by atoms with E-state index in [2.05, 4.69) is 20.6 Å². The van der Waals surface area contributed by atoms with Crippen molar-refractivity contribution in [3.05, 3.63) is 70.5 Å². The van der Waals surface area contributed by atoms with Gasteiger partial charge in [-0.15, -0.1) is 11.3 Å². The van der Waals surface area contributed by atoms with E-state index in [1.54, 1.807) is 11.3 Å². The molecule has 6 nitrogen and oxygen atoms in total. The Kier molecular flexibility index (Phi) is 5.51. The van der Waals surface area contributed by atoms with Gasteiger partial charge in [-0.05, 0) is 45.6 Å². The number of hydrogen-bond donors (Lipinski definition) is 0. The molecule has 7 heteroatoms. The van der Waals surface area contributed by atoms with Crippen molar-refractivity contribution in [3.63, 3.8) is 0 Å². The van der Waals surface area contributed by atoms with E-state index in [-0.39, 0.29) is 11.9 Å². The summed E-state index contributed by atoms with van der Waals surface area (Å²) in [5.74, 6) is 0.0374. The van der Waals surface area contributed by atoms with Gasteiger partial charge in [0.15, 0.2) is 5.65 Å². The van der Waals surface area contributed by atoms with Crippen molar-refractivity contribution < 1.29 is 4.79 Å². The molecule has 164 valence electrons. The van der Waals surface area contributed by atoms with Gasteiger partial charge >= 0.3 is 0 Å². The highest BCUT2D eigenvalue weighted by Gasteiger charge is 2.31. The number of hydrogen-bond acceptors (Lipinski definition) is 5. The van der Waals surface area contributed by atoms with Crippen molar-refractivity contribution in [2.24, 2.45) is 0 Å². The summed E-state index contributed by atoms with van der Waals surface area (Å²) in [4.78, 5) is 30.7. The van der Waals surface area contributed by atoms with Crippen molar-refractivity contribution in [1.29, 1.82) is 0 Å². The van der Waals surface area contributed by atoms with Gasteiger partial charge in [0.2, 0.25) is 0 Å². The van der Waals surface area contributed by atoms with Crippen LogP contribution in [-0.2, 0) is 6.42 Å². The number of fused-ring (bicyclic) bond motifs is 1. The Hall–Kier alpha value is -3.06. The summed E-state index contributed by atoms with van der Waals surface area (Å²) < 4.78 is 2.05. The lowest BCUT2D eigenvalue weighted by molar-refractivity contribution is 0.0608. The van der Waals surface area contributed by atoms with Crippen molar-refractivity contribution in [1.82, 2.24) is 24.3 Å². The smallest absolute Gasteiger partial charge is 0.274 e. The van der Waals surface area contributed by atoms with Crippen LogP contribution in [0.15, 0.2) is 42.7 Å². The van der Waals surface area contributed by atoms with Crippen LogP contribution in [0.25, 0.3) is 16.1 Å². The van der Waals surface area contributed by atoms with Gasteiger partial charge in [-0.1, -0.05) is 30.3 Å². The number of benzene rings is 1. The molecule has 4 aromatic rings. The van der Waals surface area contributed by atoms with Crippen LogP contribution in [-0.4, -0.2) is 42.7 Å². The van der Waals surface area contributed by atoms with Crippen LogP contribution in [0.1, 0.15) is 51.8 Å². The lowest BCUT2D eigenvalue weighted by atomic mass is 9.97. The molecule has 1 atom stereocenters. The predicted octanol–water partition coefficient (Wildman–Crippen LogP) is 5.02. The third-order valence-corrected chi connectivity index (χ3v) is 7.10. The monoisotopic (exact) mass is 445 g/mol. The molecule has 1 amide bonds. The number of carbonyl (C=O) groups is 1. The molecular formula is C25H27N5OS. The minimum absolute atomic E-state index is 0.0374. The van der Waals surface area contributed by atoms with E-state index < -0.39 is 0 Å². The second-order valence-electron chi connectivity index (χ2n) is 8.56. The van der Waals surface area contributed by atoms with Crippen LogP contribution in [0, 0.1) is 20.8 Å². The number of imidazole rings is 1. The van der Waals surface area contributed by atoms with Gasteiger partial charge < -0.3 is 9.30 Å². The van der Waals surface area contributed by atoms with E-state index in [4.69, 9.17) is 4.98 Å². The Morgan fingerprint density at radius 1 is 1.06 bits per heavy atom. The zero-order valence-corrected chi connectivity index (χ0v) is 19.5. The molecule has 1 saturated heterocycles. The topological polar surface area (TPSA) is 63.4 Å². The molecule has 5 rings (SSSR count). The van der Waals surface area contributed by atoms with E-state index in [1.807, 2.05) is 62.2 Å². The standard InChI is InChI=1S/C25H27N5OS/c1-16-14-29-15-20(28-24(29)17(2)26-16)13-21-11-7-8-12-30(21)25(31)22-23(32-18(3)27-22)19-9-5-4-6-10-19/h4-6,9-10,14-15,21H,7-8,11-13H2,1-3H3/t21-/m0/s1. The molecule has 0 spiro atoms. The number of aromatic nitrogens is 4. The Balaban J connectivity index is 1.44. The molecule has 0 aliphatic carbocycles. The largest absolute Gasteiger partial charge is 0.334 e. The summed E-state index contributed by atoms with van der Waals surface area (Å²) in [6.07, 6.45) is 7.97. The molecule has 1 aliphatic heterocycles. The average molecular weight is 446 g/mol. The number of aryl methyl sites for hydroxylation is 3. The average Bonchev–Trinajstić information content (AvgIpc) is 3.37. The normalized spacial score (nSPS) is 16.6. The number of piperidine rings is 1. The molecule has 32 heavy (non-hydrogen) atoms. The first-order valence-corrected chi connectivity index (χ1v) is 12.0. The minimum atomic E-state index is 0.0374. The number of likely N-dealkylation sites (tertiary alicyclic amines) is 1. The quantitative estimate of drug-likeness (QED) is 0.443. The number of carbonyl (C=O) groups excluding carboxylic acids is 1. The molecule has 4 heterocycles. The highest BCUT2D eigenvalue weighted by molar-refractivity contribution is 7.15. The van der Waals surface area contributed by atoms with Crippen LogP contribution in [0.2, 0.25) is 0 Å². The predicted molar refractivity (Wildman–Crippen MR) is 127 cm³/mol. The molecule has 0 N–H and O–H groups in total. The summed E-state index contributed by atoms with van der Waals surface area (Å²) >= 11 is 1.59. The van der Waals surface area contributed by atoms with Gasteiger partial charge in [0.1, 0.15) is 5.69 Å². The van der Waals surface area contributed by atoms with Gasteiger partial charge in [-0.3, -0.25) is 9.78 Å². The molecule has 1 aromatic carbocycles. The molecular weight excluding hydrogens is 418 g/mol. The van der Waals surface area contributed by atoms with Gasteiger partial charge in [-0.2, -0.15) is 0 Å². The van der Waals surface area contributed by atoms with Crippen molar-refractivity contribution >= 4 is 22.9 Å². The highest BCUT2D eigenvalue weighted by Crippen LogP contribution is 2.32. The number of rotatable bonds is 4. The van der Waals surface area contributed by atoms with Crippen LogP contribution < -0.4 is 0 Å². The van der Waals surface area contributed by atoms with E-state index in [1.165, 1.54) is 0 Å². The zero-order valence-electron chi connectivity index (χ0n) is 18.7. The van der Waals surface area contributed by atoms with Crippen molar-refractivity contribution in [2.45, 2.75) is 52.5 Å². The van der Waals surface area contributed by atoms with E-state index in [0.717, 1.165) is 70.4 Å². The zero-order chi connectivity index (χ0) is 22.2. The Labute approximate surface area is 192 Å². The molecule has 0 saturated carbocycles. The Morgan fingerprint density at radius 3 is 2.69 bits per heavy atom. The SMILES string of the molecule is Cc1cn2cc(C[C@@H]3CCCCN3C(=O)c3nc(C)sc3-c3ccccc3)nc2c(C)n1. The van der Waals surface area contributed by atoms with Gasteiger partial charge in [-0.25, -0.2) is 9.97 Å². The first-order chi connectivity index (χ1) is 15.5. The maximum Gasteiger partial charge on any atom is 0.274 e. The van der Waals surface area contributed by atoms with Crippen LogP contribution in [0.3, 0.4) is 0 Å². The maximum absolute atomic E-state index is 13.7. The Morgan fingerprint density at radius 2 is 1.88 bits per heavy atom. The van der Waals surface area contributed by atoms with Crippen molar-refractivity contribution in [3.8, 4) is 10.4 Å². The van der Waals surface area contributed by atoms with Crippen LogP contribution in [0.4, 0.5) is 0 Å². The van der Waals surface area contributed by atoms with Gasteiger partial charge in [0, 0.05) is 31.4 Å². The summed E-state index contributed by atoms with van der Waals surface area (Å²) in [5.41, 5.74) is 5.42. The summed E-state index contributed by atoms with van der Waals surface area (Å²) in [6.45, 7) is 6.72. The summed E-state index contributed by atoms with van der Waals surface area (Å²) in [6, 6.07) is 10.2. The van der Waals surface area contributed by atoms with Crippen LogP contribution >= 0.6 is 11.3 Å². The Bertz CT molecular complexity index is 1280. The molecule has 0 radical (unpaired) electrons. The summed E-state index contributed by atoms with van der Waals surface area (Å²) in [5, 5.41) is 0.916. The van der Waals surface area contributed by atoms with E-state index >= 15 is 0 Å². The third-order valence-electron chi connectivity index (χ3n) is 6.08. The number of nitrogens with zero attached hydrogens (tertiary/aromatic N) is 5. The summed E-state index contributed by atoms with van der Waals surface area (Å²) in [7, 11) is 0. The second-order valence-corrected chi connectivity index (χ2v) is 9.76. The first-order valence-electron chi connectivity index (χ1n) is 11.2. The first kappa shape index (κ1) is 20.8. The highest BCUT2D eigenvalue weighted by atomic mass is 32.1. The second kappa shape index (κ2) is 8.47. The molecule has 3 aromatic heterocycles. The van der Waals surface area contributed by atoms with E-state index in [9.17, 15) is 4.79 Å². The molecule has 1 fully saturated rings. The molecule has 0 bridgehead atoms. The minimum Gasteiger partial charge on any atom is -0.334 e. The van der Waals surface area contributed by atoms with Crippen LogP contribution in [0.5, 0.6) is 0 Å². The van der Waals surface area contributed by atoms with Gasteiger partial charge in [0.25, 0.3) is 5.91 Å². The lowest BCUT2D eigenvalue weighted by Crippen LogP contribution is -2.45. The van der Waals surface area contributed by atoms with Gasteiger partial charge in [0.05, 0.1) is 27.0 Å². The lowest BCUT2D eigenvalue weighted by Gasteiger charge is -2.35. The fourth-order valence-corrected chi connectivity index (χ4v) is 5.58. The third kappa shape index (κ3) is 3.93. The molecule has 0 unspecified atom stereocenters. The van der Waals surface area contributed by atoms with E-state index in [0.29, 0.717) is 5.69 Å². The fraction of sp³-hybridized carbons (Fsp3) is 0.360. The number of thiazole rings is 1.